The van der Waals surface area contributed by atoms with Gasteiger partial charge in [0.25, 0.3) is 0 Å². The van der Waals surface area contributed by atoms with E-state index in [0.29, 0.717) is 18.6 Å². The van der Waals surface area contributed by atoms with E-state index in [1.54, 1.807) is 7.11 Å². The third-order valence-electron chi connectivity index (χ3n) is 5.83. The summed E-state index contributed by atoms with van der Waals surface area (Å²) in [4.78, 5) is 7.19. The number of rotatable bonds is 8. The molecule has 176 valence electrons. The standard InChI is InChI=1S/C25H36N4O2.HI/c1-4-26-25(27-17-24(30)21-11-8-12-23(16-21)31-3)28-22-13-14-29(19(2)15-22)18-20-9-6-5-7-10-20;/h5-12,16,19,22,24,30H,4,13-15,17-18H2,1-3H3,(H2,26,27,28);1H. The number of hydrogen-bond acceptors (Lipinski definition) is 4. The molecule has 6 nitrogen and oxygen atoms in total. The molecule has 3 atom stereocenters. The van der Waals surface area contributed by atoms with Gasteiger partial charge in [0.05, 0.1) is 19.8 Å². The number of benzene rings is 2. The SMILES string of the molecule is CCNC(=NCC(O)c1cccc(OC)c1)NC1CCN(Cc2ccccc2)C(C)C1.I. The molecule has 3 unspecified atom stereocenters. The highest BCUT2D eigenvalue weighted by molar-refractivity contribution is 14.0. The lowest BCUT2D eigenvalue weighted by atomic mass is 9.97. The Kier molecular flexibility index (Phi) is 11.3. The van der Waals surface area contributed by atoms with Gasteiger partial charge >= 0.3 is 0 Å². The maximum absolute atomic E-state index is 10.6. The van der Waals surface area contributed by atoms with Crippen LogP contribution in [0.25, 0.3) is 0 Å². The van der Waals surface area contributed by atoms with Crippen LogP contribution in [0.3, 0.4) is 0 Å². The number of ether oxygens (including phenoxy) is 1. The Balaban J connectivity index is 0.00000363. The van der Waals surface area contributed by atoms with E-state index in [1.807, 2.05) is 24.3 Å². The van der Waals surface area contributed by atoms with Gasteiger partial charge in [-0.3, -0.25) is 9.89 Å². The Morgan fingerprint density at radius 2 is 2.00 bits per heavy atom. The summed E-state index contributed by atoms with van der Waals surface area (Å²) in [6.45, 7) is 7.48. The highest BCUT2D eigenvalue weighted by Gasteiger charge is 2.26. The van der Waals surface area contributed by atoms with Crippen LogP contribution in [0.4, 0.5) is 0 Å². The molecule has 0 aliphatic carbocycles. The van der Waals surface area contributed by atoms with Gasteiger partial charge in [0, 0.05) is 31.7 Å². The first-order chi connectivity index (χ1) is 15.1. The fourth-order valence-electron chi connectivity index (χ4n) is 4.05. The average molecular weight is 553 g/mol. The van der Waals surface area contributed by atoms with Gasteiger partial charge in [-0.2, -0.15) is 0 Å². The monoisotopic (exact) mass is 552 g/mol. The van der Waals surface area contributed by atoms with Crippen molar-refractivity contribution >= 4 is 29.9 Å². The van der Waals surface area contributed by atoms with Gasteiger partial charge in [0.2, 0.25) is 0 Å². The van der Waals surface area contributed by atoms with Gasteiger partial charge in [-0.1, -0.05) is 42.5 Å². The normalized spacial score (nSPS) is 20.2. The van der Waals surface area contributed by atoms with Crippen molar-refractivity contribution < 1.29 is 9.84 Å². The topological polar surface area (TPSA) is 69.1 Å². The summed E-state index contributed by atoms with van der Waals surface area (Å²) < 4.78 is 5.25. The molecule has 1 heterocycles. The van der Waals surface area contributed by atoms with Crippen molar-refractivity contribution in [2.45, 2.75) is 51.4 Å². The van der Waals surface area contributed by atoms with Crippen LogP contribution in [0.1, 0.15) is 43.9 Å². The van der Waals surface area contributed by atoms with Gasteiger partial charge in [-0.25, -0.2) is 0 Å². The number of nitrogens with zero attached hydrogens (tertiary/aromatic N) is 2. The van der Waals surface area contributed by atoms with Crippen LogP contribution in [0, 0.1) is 0 Å². The Morgan fingerprint density at radius 3 is 2.69 bits per heavy atom. The van der Waals surface area contributed by atoms with Crippen LogP contribution in [0.5, 0.6) is 5.75 Å². The first kappa shape index (κ1) is 26.4. The number of halogens is 1. The number of aliphatic imine (C=N–C) groups is 1. The maximum atomic E-state index is 10.6. The molecule has 0 spiro atoms. The van der Waals surface area contributed by atoms with Gasteiger partial charge < -0.3 is 20.5 Å². The molecule has 2 aromatic rings. The van der Waals surface area contributed by atoms with E-state index >= 15 is 0 Å². The van der Waals surface area contributed by atoms with Crippen molar-refractivity contribution in [1.29, 1.82) is 0 Å². The van der Waals surface area contributed by atoms with Crippen LogP contribution in [0.15, 0.2) is 59.6 Å². The molecule has 2 aromatic carbocycles. The number of guanidine groups is 1. The van der Waals surface area contributed by atoms with E-state index in [2.05, 4.69) is 64.7 Å². The summed E-state index contributed by atoms with van der Waals surface area (Å²) >= 11 is 0. The van der Waals surface area contributed by atoms with Crippen molar-refractivity contribution in [1.82, 2.24) is 15.5 Å². The van der Waals surface area contributed by atoms with E-state index in [0.717, 1.165) is 49.7 Å². The quantitative estimate of drug-likeness (QED) is 0.263. The van der Waals surface area contributed by atoms with E-state index < -0.39 is 6.10 Å². The van der Waals surface area contributed by atoms with Crippen LogP contribution < -0.4 is 15.4 Å². The molecule has 3 N–H and O–H groups in total. The lowest BCUT2D eigenvalue weighted by Crippen LogP contribution is -2.51. The Bertz CT molecular complexity index is 834. The summed E-state index contributed by atoms with van der Waals surface area (Å²) in [6.07, 6.45) is 1.47. The predicted octanol–water partition coefficient (Wildman–Crippen LogP) is 3.95. The minimum atomic E-state index is -0.669. The Labute approximate surface area is 209 Å². The minimum absolute atomic E-state index is 0. The van der Waals surface area contributed by atoms with Crippen molar-refractivity contribution in [2.75, 3.05) is 26.7 Å². The zero-order valence-electron chi connectivity index (χ0n) is 19.3. The van der Waals surface area contributed by atoms with Crippen LogP contribution in [-0.2, 0) is 6.54 Å². The smallest absolute Gasteiger partial charge is 0.191 e. The molecule has 0 radical (unpaired) electrons. The predicted molar refractivity (Wildman–Crippen MR) is 142 cm³/mol. The van der Waals surface area contributed by atoms with Gasteiger partial charge in [0.15, 0.2) is 5.96 Å². The molecular weight excluding hydrogens is 515 g/mol. The second-order valence-corrected chi connectivity index (χ2v) is 8.18. The molecule has 7 heteroatoms. The fraction of sp³-hybridized carbons (Fsp3) is 0.480. The third kappa shape index (κ3) is 7.94. The fourth-order valence-corrected chi connectivity index (χ4v) is 4.05. The Morgan fingerprint density at radius 1 is 1.22 bits per heavy atom. The number of methoxy groups -OCH3 is 1. The average Bonchev–Trinajstić information content (AvgIpc) is 2.80. The minimum Gasteiger partial charge on any atom is -0.497 e. The highest BCUT2D eigenvalue weighted by Crippen LogP contribution is 2.21. The summed E-state index contributed by atoms with van der Waals surface area (Å²) in [5.74, 6) is 1.50. The molecule has 1 aliphatic heterocycles. The molecule has 3 rings (SSSR count). The summed E-state index contributed by atoms with van der Waals surface area (Å²) in [6, 6.07) is 19.0. The van der Waals surface area contributed by atoms with Crippen LogP contribution in [0.2, 0.25) is 0 Å². The zero-order chi connectivity index (χ0) is 22.1. The zero-order valence-corrected chi connectivity index (χ0v) is 21.7. The van der Waals surface area contributed by atoms with E-state index in [4.69, 9.17) is 4.74 Å². The van der Waals surface area contributed by atoms with Crippen LogP contribution >= 0.6 is 24.0 Å². The second kappa shape index (κ2) is 13.6. The van der Waals surface area contributed by atoms with E-state index in [1.165, 1.54) is 5.56 Å². The molecule has 1 fully saturated rings. The summed E-state index contributed by atoms with van der Waals surface area (Å²) in [7, 11) is 1.63. The van der Waals surface area contributed by atoms with Crippen molar-refractivity contribution in [3.63, 3.8) is 0 Å². The van der Waals surface area contributed by atoms with E-state index in [-0.39, 0.29) is 24.0 Å². The number of aliphatic hydroxyl groups excluding tert-OH is 1. The molecule has 0 bridgehead atoms. The first-order valence-corrected chi connectivity index (χ1v) is 11.2. The number of hydrogen-bond donors (Lipinski definition) is 3. The number of aliphatic hydroxyl groups is 1. The number of piperidine rings is 1. The lowest BCUT2D eigenvalue weighted by molar-refractivity contribution is 0.134. The van der Waals surface area contributed by atoms with Gasteiger partial charge in [-0.15, -0.1) is 24.0 Å². The van der Waals surface area contributed by atoms with Gasteiger partial charge in [0.1, 0.15) is 5.75 Å². The van der Waals surface area contributed by atoms with Crippen molar-refractivity contribution in [3.05, 3.63) is 65.7 Å². The van der Waals surface area contributed by atoms with Crippen molar-refractivity contribution in [3.8, 4) is 5.75 Å². The molecule has 0 saturated carbocycles. The van der Waals surface area contributed by atoms with Crippen molar-refractivity contribution in [2.24, 2.45) is 4.99 Å². The molecule has 1 saturated heterocycles. The molecule has 1 aliphatic rings. The number of likely N-dealkylation sites (tertiary alicyclic amines) is 1. The summed E-state index contributed by atoms with van der Waals surface area (Å²) in [5.41, 5.74) is 2.17. The molecule has 0 aromatic heterocycles. The van der Waals surface area contributed by atoms with Gasteiger partial charge in [-0.05, 0) is 49.9 Å². The third-order valence-corrected chi connectivity index (χ3v) is 5.83. The molecule has 0 amide bonds. The largest absolute Gasteiger partial charge is 0.497 e. The lowest BCUT2D eigenvalue weighted by Gasteiger charge is -2.38. The Hall–Kier alpha value is -1.84. The molecule has 32 heavy (non-hydrogen) atoms. The highest BCUT2D eigenvalue weighted by atomic mass is 127. The number of nitrogens with one attached hydrogen (secondary N) is 2. The maximum Gasteiger partial charge on any atom is 0.191 e. The second-order valence-electron chi connectivity index (χ2n) is 8.18. The summed E-state index contributed by atoms with van der Waals surface area (Å²) in [5, 5.41) is 17.4. The van der Waals surface area contributed by atoms with Crippen LogP contribution in [-0.4, -0.2) is 54.8 Å². The van der Waals surface area contributed by atoms with E-state index in [9.17, 15) is 5.11 Å². The molecular formula is C25H37IN4O2. The first-order valence-electron chi connectivity index (χ1n) is 11.2.